The summed E-state index contributed by atoms with van der Waals surface area (Å²) in [6.07, 6.45) is 0.281. The number of nitrogens with one attached hydrogen (secondary N) is 1. The predicted octanol–water partition coefficient (Wildman–Crippen LogP) is 4.91. The van der Waals surface area contributed by atoms with Gasteiger partial charge < -0.3 is 15.3 Å². The molecule has 3 heterocycles. The molecule has 2 aromatic heterocycles. The normalized spacial score (nSPS) is 25.9. The van der Waals surface area contributed by atoms with Gasteiger partial charge in [0.15, 0.2) is 0 Å². The molecule has 2 N–H and O–H groups in total. The van der Waals surface area contributed by atoms with E-state index >= 15 is 0 Å². The first-order valence-corrected chi connectivity index (χ1v) is 13.8. The van der Waals surface area contributed by atoms with E-state index in [1.54, 1.807) is 54.6 Å². The Bertz CT molecular complexity index is 1610. The molecular weight excluding hydrogens is 550 g/mol. The summed E-state index contributed by atoms with van der Waals surface area (Å²) in [4.78, 5) is 36.6. The molecule has 0 radical (unpaired) electrons. The molecule has 0 unspecified atom stereocenters. The number of aromatic nitrogens is 2. The van der Waals surface area contributed by atoms with E-state index in [1.165, 1.54) is 17.3 Å². The van der Waals surface area contributed by atoms with Crippen molar-refractivity contribution in [1.29, 1.82) is 0 Å². The topological polar surface area (TPSA) is 95.4 Å². The standard InChI is InChI=1S/C31H27ClF2N4O3/c32-23-15-25(37-29(39)19-7-5-13-35-16-19)21(28(33)34)14-20(23)17-38-26-10-4-2-8-22(26)31(41,30(38)40)27-12-11-18-6-1-3-9-24(18)36-27/h1-13,16,20-21,23,25,28,41H,14-15,17H2,(H,37,39)/t20-,21-,23-,25-,31-/m1/s1. The summed E-state index contributed by atoms with van der Waals surface area (Å²) in [6, 6.07) is 20.0. The maximum absolute atomic E-state index is 14.3. The van der Waals surface area contributed by atoms with Gasteiger partial charge in [0.05, 0.1) is 22.5 Å². The maximum Gasteiger partial charge on any atom is 0.270 e. The Morgan fingerprint density at radius 3 is 2.63 bits per heavy atom. The summed E-state index contributed by atoms with van der Waals surface area (Å²) in [7, 11) is 0. The lowest BCUT2D eigenvalue weighted by molar-refractivity contribution is -0.132. The highest BCUT2D eigenvalue weighted by Crippen LogP contribution is 2.46. The number of alkyl halides is 3. The maximum atomic E-state index is 14.3. The van der Waals surface area contributed by atoms with Gasteiger partial charge in [0, 0.05) is 47.2 Å². The van der Waals surface area contributed by atoms with Crippen molar-refractivity contribution >= 4 is 40.0 Å². The van der Waals surface area contributed by atoms with Crippen LogP contribution in [0.2, 0.25) is 0 Å². The second kappa shape index (κ2) is 10.8. The Morgan fingerprint density at radius 2 is 1.85 bits per heavy atom. The molecule has 5 atom stereocenters. The third kappa shape index (κ3) is 4.83. The number of nitrogens with zero attached hydrogens (tertiary/aromatic N) is 3. The average molecular weight is 577 g/mol. The fourth-order valence-electron chi connectivity index (χ4n) is 6.02. The van der Waals surface area contributed by atoms with E-state index in [-0.39, 0.29) is 30.6 Å². The minimum atomic E-state index is -2.71. The van der Waals surface area contributed by atoms with E-state index in [2.05, 4.69) is 15.3 Å². The molecule has 4 aromatic rings. The number of aliphatic hydroxyl groups is 1. The summed E-state index contributed by atoms with van der Waals surface area (Å²) >= 11 is 6.76. The Kier molecular flexibility index (Phi) is 7.17. The summed E-state index contributed by atoms with van der Waals surface area (Å²) in [5.74, 6) is -2.77. The SMILES string of the molecule is O=C(N[C@@H]1C[C@@H](Cl)[C@@H](CN2C(=O)[C@](O)(c3ccc4ccccc4n3)c3ccccc32)C[C@H]1C(F)F)c1cccnc1. The van der Waals surface area contributed by atoms with Crippen LogP contribution in [-0.4, -0.2) is 51.3 Å². The van der Waals surface area contributed by atoms with Crippen LogP contribution in [0, 0.1) is 11.8 Å². The van der Waals surface area contributed by atoms with Crippen LogP contribution in [0.5, 0.6) is 0 Å². The third-order valence-electron chi connectivity index (χ3n) is 8.17. The largest absolute Gasteiger partial charge is 0.370 e. The Labute approximate surface area is 240 Å². The number of carbonyl (C=O) groups is 2. The fraction of sp³-hybridized carbons (Fsp3) is 0.290. The van der Waals surface area contributed by atoms with Crippen molar-refractivity contribution in [3.63, 3.8) is 0 Å². The number of rotatable bonds is 6. The Balaban J connectivity index is 1.26. The summed E-state index contributed by atoms with van der Waals surface area (Å²) in [5, 5.41) is 14.9. The molecular formula is C31H27ClF2N4O3. The minimum absolute atomic E-state index is 0.0115. The predicted molar refractivity (Wildman–Crippen MR) is 151 cm³/mol. The van der Waals surface area contributed by atoms with Crippen LogP contribution in [0.3, 0.4) is 0 Å². The molecule has 10 heteroatoms. The Hall–Kier alpha value is -3.95. The second-order valence-corrected chi connectivity index (χ2v) is 11.2. The molecule has 1 fully saturated rings. The zero-order valence-electron chi connectivity index (χ0n) is 21.8. The summed E-state index contributed by atoms with van der Waals surface area (Å²) in [6.45, 7) is 0.0341. The number of amides is 2. The van der Waals surface area contributed by atoms with Crippen LogP contribution in [0.25, 0.3) is 10.9 Å². The van der Waals surface area contributed by atoms with E-state index in [1.807, 2.05) is 18.2 Å². The third-order valence-corrected chi connectivity index (χ3v) is 8.71. The highest BCUT2D eigenvalue weighted by atomic mass is 35.5. The zero-order chi connectivity index (χ0) is 28.7. The van der Waals surface area contributed by atoms with Crippen molar-refractivity contribution in [2.24, 2.45) is 11.8 Å². The lowest BCUT2D eigenvalue weighted by atomic mass is 9.77. The van der Waals surface area contributed by atoms with Gasteiger partial charge in [0.1, 0.15) is 0 Å². The average Bonchev–Trinajstić information content (AvgIpc) is 3.21. The second-order valence-electron chi connectivity index (χ2n) is 10.6. The van der Waals surface area contributed by atoms with Crippen molar-refractivity contribution in [2.45, 2.75) is 36.3 Å². The van der Waals surface area contributed by atoms with Crippen molar-refractivity contribution < 1.29 is 23.5 Å². The van der Waals surface area contributed by atoms with E-state index in [0.29, 0.717) is 16.8 Å². The van der Waals surface area contributed by atoms with Crippen LogP contribution in [0.1, 0.15) is 34.5 Å². The van der Waals surface area contributed by atoms with Crippen LogP contribution in [-0.2, 0) is 10.4 Å². The molecule has 41 heavy (non-hydrogen) atoms. The molecule has 2 amide bonds. The monoisotopic (exact) mass is 576 g/mol. The van der Waals surface area contributed by atoms with Crippen LogP contribution < -0.4 is 10.2 Å². The van der Waals surface area contributed by atoms with E-state index in [9.17, 15) is 23.5 Å². The quantitative estimate of drug-likeness (QED) is 0.318. The molecule has 2 aliphatic rings. The number of hydrogen-bond donors (Lipinski definition) is 2. The van der Waals surface area contributed by atoms with Gasteiger partial charge in [0.25, 0.3) is 11.8 Å². The van der Waals surface area contributed by atoms with Gasteiger partial charge in [-0.2, -0.15) is 0 Å². The molecule has 1 aliphatic heterocycles. The number of pyridine rings is 2. The lowest BCUT2D eigenvalue weighted by Crippen LogP contribution is -2.52. The van der Waals surface area contributed by atoms with Crippen molar-refractivity contribution in [1.82, 2.24) is 15.3 Å². The highest BCUT2D eigenvalue weighted by molar-refractivity contribution is 6.21. The number of benzene rings is 2. The van der Waals surface area contributed by atoms with Gasteiger partial charge in [-0.05, 0) is 49.1 Å². The van der Waals surface area contributed by atoms with Crippen molar-refractivity contribution in [2.75, 3.05) is 11.4 Å². The number of halogens is 3. The first-order valence-electron chi connectivity index (χ1n) is 13.4. The smallest absolute Gasteiger partial charge is 0.270 e. The number of hydrogen-bond acceptors (Lipinski definition) is 5. The number of para-hydroxylation sites is 2. The fourth-order valence-corrected chi connectivity index (χ4v) is 6.39. The molecule has 0 saturated heterocycles. The molecule has 1 saturated carbocycles. The van der Waals surface area contributed by atoms with Gasteiger partial charge in [-0.1, -0.05) is 42.5 Å². The minimum Gasteiger partial charge on any atom is -0.370 e. The van der Waals surface area contributed by atoms with E-state index in [0.717, 1.165) is 5.39 Å². The first-order chi connectivity index (χ1) is 19.8. The molecule has 7 nitrogen and oxygen atoms in total. The molecule has 210 valence electrons. The summed E-state index contributed by atoms with van der Waals surface area (Å²) in [5.41, 5.74) is -0.0876. The number of anilines is 1. The van der Waals surface area contributed by atoms with E-state index in [4.69, 9.17) is 11.6 Å². The number of fused-ring (bicyclic) bond motifs is 2. The van der Waals surface area contributed by atoms with E-state index < -0.39 is 47.1 Å². The van der Waals surface area contributed by atoms with Gasteiger partial charge in [-0.3, -0.25) is 14.6 Å². The molecule has 0 bridgehead atoms. The summed E-state index contributed by atoms with van der Waals surface area (Å²) < 4.78 is 28.6. The molecule has 0 spiro atoms. The van der Waals surface area contributed by atoms with Crippen LogP contribution in [0.15, 0.2) is 85.2 Å². The molecule has 2 aromatic carbocycles. The lowest BCUT2D eigenvalue weighted by Gasteiger charge is -2.40. The van der Waals surface area contributed by atoms with Crippen molar-refractivity contribution in [3.8, 4) is 0 Å². The van der Waals surface area contributed by atoms with Gasteiger partial charge in [-0.25, -0.2) is 13.8 Å². The van der Waals surface area contributed by atoms with Gasteiger partial charge >= 0.3 is 0 Å². The van der Waals surface area contributed by atoms with Gasteiger partial charge in [0.2, 0.25) is 12.0 Å². The van der Waals surface area contributed by atoms with Crippen molar-refractivity contribution in [3.05, 3.63) is 102 Å². The Morgan fingerprint density at radius 1 is 1.07 bits per heavy atom. The number of carbonyl (C=O) groups excluding carboxylic acids is 2. The zero-order valence-corrected chi connectivity index (χ0v) is 22.6. The molecule has 6 rings (SSSR count). The highest BCUT2D eigenvalue weighted by Gasteiger charge is 2.53. The van der Waals surface area contributed by atoms with Crippen LogP contribution in [0.4, 0.5) is 14.5 Å². The first kappa shape index (κ1) is 27.2. The van der Waals surface area contributed by atoms with Gasteiger partial charge in [-0.15, -0.1) is 11.6 Å². The van der Waals surface area contributed by atoms with Crippen LogP contribution >= 0.6 is 11.6 Å². The molecule has 1 aliphatic carbocycles.